The number of nitrogens with one attached hydrogen (secondary N) is 2. The molecular formula is C21H23ClN4O2S. The van der Waals surface area contributed by atoms with Crippen LogP contribution in [0.5, 0.6) is 11.5 Å². The van der Waals surface area contributed by atoms with Crippen LogP contribution in [-0.4, -0.2) is 35.7 Å². The first kappa shape index (κ1) is 21.0. The molecule has 0 aliphatic carbocycles. The van der Waals surface area contributed by atoms with Gasteiger partial charge in [0, 0.05) is 18.4 Å². The average molecular weight is 431 g/mol. The molecule has 152 valence electrons. The molecular weight excluding hydrogens is 408 g/mol. The molecule has 3 aromatic rings. The number of methoxy groups -OCH3 is 2. The normalized spacial score (nSPS) is 10.4. The van der Waals surface area contributed by atoms with Gasteiger partial charge in [0.25, 0.3) is 0 Å². The summed E-state index contributed by atoms with van der Waals surface area (Å²) in [4.78, 5) is 0. The third kappa shape index (κ3) is 6.10. The summed E-state index contributed by atoms with van der Waals surface area (Å²) in [7, 11) is 3.26. The molecule has 0 radical (unpaired) electrons. The van der Waals surface area contributed by atoms with E-state index in [9.17, 15) is 0 Å². The Morgan fingerprint density at radius 2 is 1.93 bits per heavy atom. The Morgan fingerprint density at radius 1 is 1.10 bits per heavy atom. The Hall–Kier alpha value is -2.77. The summed E-state index contributed by atoms with van der Waals surface area (Å²) < 4.78 is 12.4. The summed E-state index contributed by atoms with van der Waals surface area (Å²) in [6.07, 6.45) is 4.23. The van der Waals surface area contributed by atoms with Gasteiger partial charge in [-0.05, 0) is 54.0 Å². The highest BCUT2D eigenvalue weighted by Crippen LogP contribution is 2.27. The van der Waals surface area contributed by atoms with Gasteiger partial charge in [-0.15, -0.1) is 0 Å². The van der Waals surface area contributed by atoms with Gasteiger partial charge >= 0.3 is 0 Å². The van der Waals surface area contributed by atoms with Crippen molar-refractivity contribution in [3.8, 4) is 11.5 Å². The molecule has 0 fully saturated rings. The van der Waals surface area contributed by atoms with Gasteiger partial charge in [-0.25, -0.2) is 0 Å². The lowest BCUT2D eigenvalue weighted by molar-refractivity contribution is 0.354. The van der Waals surface area contributed by atoms with E-state index in [1.54, 1.807) is 31.3 Å². The lowest BCUT2D eigenvalue weighted by atomic mass is 10.1. The van der Waals surface area contributed by atoms with Crippen LogP contribution in [0.15, 0.2) is 54.9 Å². The summed E-state index contributed by atoms with van der Waals surface area (Å²) in [5, 5.41) is 11.9. The number of ether oxygens (including phenoxy) is 2. The molecule has 2 aromatic carbocycles. The number of benzene rings is 2. The van der Waals surface area contributed by atoms with Crippen molar-refractivity contribution in [2.75, 3.05) is 26.1 Å². The van der Waals surface area contributed by atoms with Crippen molar-refractivity contribution in [2.45, 2.75) is 13.0 Å². The van der Waals surface area contributed by atoms with Crippen molar-refractivity contribution in [1.82, 2.24) is 15.1 Å². The summed E-state index contributed by atoms with van der Waals surface area (Å²) in [5.41, 5.74) is 3.16. The maximum atomic E-state index is 5.92. The fourth-order valence-electron chi connectivity index (χ4n) is 2.89. The molecule has 8 heteroatoms. The molecule has 1 heterocycles. The number of halogens is 1. The third-order valence-corrected chi connectivity index (χ3v) is 4.72. The van der Waals surface area contributed by atoms with E-state index in [0.717, 1.165) is 34.7 Å². The predicted octanol–water partition coefficient (Wildman–Crippen LogP) is 4.13. The molecule has 0 amide bonds. The van der Waals surface area contributed by atoms with Crippen LogP contribution in [0.1, 0.15) is 11.1 Å². The lowest BCUT2D eigenvalue weighted by Gasteiger charge is -2.13. The maximum Gasteiger partial charge on any atom is 0.170 e. The van der Waals surface area contributed by atoms with E-state index in [4.69, 9.17) is 33.3 Å². The molecule has 0 aliphatic heterocycles. The van der Waals surface area contributed by atoms with Crippen molar-refractivity contribution in [2.24, 2.45) is 0 Å². The number of aromatic nitrogens is 2. The molecule has 6 nitrogen and oxygen atoms in total. The van der Waals surface area contributed by atoms with Gasteiger partial charge in [0.15, 0.2) is 16.6 Å². The topological polar surface area (TPSA) is 60.3 Å². The monoisotopic (exact) mass is 430 g/mol. The fraction of sp³-hybridized carbons (Fsp3) is 0.238. The molecule has 2 N–H and O–H groups in total. The first-order valence-electron chi connectivity index (χ1n) is 9.10. The minimum Gasteiger partial charge on any atom is -0.493 e. The van der Waals surface area contributed by atoms with E-state index < -0.39 is 0 Å². The number of hydrogen-bond donors (Lipinski definition) is 2. The van der Waals surface area contributed by atoms with E-state index in [0.29, 0.717) is 23.2 Å². The van der Waals surface area contributed by atoms with Gasteiger partial charge in [0.05, 0.1) is 32.0 Å². The molecule has 0 saturated heterocycles. The first-order valence-corrected chi connectivity index (χ1v) is 9.88. The fourth-order valence-corrected chi connectivity index (χ4v) is 3.27. The smallest absolute Gasteiger partial charge is 0.170 e. The summed E-state index contributed by atoms with van der Waals surface area (Å²) in [6, 6.07) is 13.9. The molecule has 0 bridgehead atoms. The largest absolute Gasteiger partial charge is 0.493 e. The zero-order chi connectivity index (χ0) is 20.6. The average Bonchev–Trinajstić information content (AvgIpc) is 3.12. The van der Waals surface area contributed by atoms with Crippen molar-refractivity contribution >= 4 is 34.6 Å². The van der Waals surface area contributed by atoms with Gasteiger partial charge in [0.2, 0.25) is 0 Å². The van der Waals surface area contributed by atoms with Crippen molar-refractivity contribution in [3.63, 3.8) is 0 Å². The van der Waals surface area contributed by atoms with Crippen LogP contribution < -0.4 is 20.1 Å². The number of nitrogens with zero attached hydrogens (tertiary/aromatic N) is 2. The summed E-state index contributed by atoms with van der Waals surface area (Å²) in [6.45, 7) is 1.34. The van der Waals surface area contributed by atoms with E-state index in [-0.39, 0.29) is 0 Å². The minimum atomic E-state index is 0.574. The minimum absolute atomic E-state index is 0.574. The van der Waals surface area contributed by atoms with E-state index in [2.05, 4.69) is 15.7 Å². The van der Waals surface area contributed by atoms with Crippen LogP contribution in [-0.2, 0) is 13.0 Å². The number of hydrogen-bond acceptors (Lipinski definition) is 4. The molecule has 0 spiro atoms. The van der Waals surface area contributed by atoms with Crippen LogP contribution in [0.2, 0.25) is 5.02 Å². The summed E-state index contributed by atoms with van der Waals surface area (Å²) >= 11 is 11.3. The summed E-state index contributed by atoms with van der Waals surface area (Å²) in [5.74, 6) is 1.44. The van der Waals surface area contributed by atoms with Crippen molar-refractivity contribution < 1.29 is 9.47 Å². The molecule has 0 unspecified atom stereocenters. The van der Waals surface area contributed by atoms with Gasteiger partial charge in [-0.2, -0.15) is 5.10 Å². The first-order chi connectivity index (χ1) is 14.1. The zero-order valence-corrected chi connectivity index (χ0v) is 17.9. The molecule has 3 rings (SSSR count). The maximum absolute atomic E-state index is 5.92. The highest BCUT2D eigenvalue weighted by atomic mass is 35.5. The Bertz CT molecular complexity index is 977. The van der Waals surface area contributed by atoms with Crippen molar-refractivity contribution in [3.05, 3.63) is 71.0 Å². The van der Waals surface area contributed by atoms with Gasteiger partial charge in [-0.1, -0.05) is 29.8 Å². The second kappa shape index (κ2) is 10.1. The van der Waals surface area contributed by atoms with E-state index in [1.807, 2.05) is 42.5 Å². The molecule has 0 saturated carbocycles. The second-order valence-electron chi connectivity index (χ2n) is 6.38. The number of thiocarbonyl (C=S) groups is 1. The Balaban J connectivity index is 1.50. The lowest BCUT2D eigenvalue weighted by Crippen LogP contribution is -2.30. The predicted molar refractivity (Wildman–Crippen MR) is 120 cm³/mol. The molecule has 1 aromatic heterocycles. The second-order valence-corrected chi connectivity index (χ2v) is 7.22. The van der Waals surface area contributed by atoms with Crippen LogP contribution in [0.4, 0.5) is 5.69 Å². The Kier molecular flexibility index (Phi) is 7.32. The molecule has 29 heavy (non-hydrogen) atoms. The third-order valence-electron chi connectivity index (χ3n) is 4.28. The highest BCUT2D eigenvalue weighted by Gasteiger charge is 2.05. The van der Waals surface area contributed by atoms with Gasteiger partial charge < -0.3 is 20.1 Å². The van der Waals surface area contributed by atoms with Crippen LogP contribution >= 0.6 is 23.8 Å². The van der Waals surface area contributed by atoms with Gasteiger partial charge in [0.1, 0.15) is 0 Å². The number of rotatable bonds is 8. The number of anilines is 1. The quantitative estimate of drug-likeness (QED) is 0.524. The Labute approximate surface area is 180 Å². The van der Waals surface area contributed by atoms with Crippen LogP contribution in [0, 0.1) is 0 Å². The highest BCUT2D eigenvalue weighted by molar-refractivity contribution is 7.80. The Morgan fingerprint density at radius 3 is 2.66 bits per heavy atom. The van der Waals surface area contributed by atoms with Crippen LogP contribution in [0.3, 0.4) is 0 Å². The molecule has 0 atom stereocenters. The molecule has 0 aliphatic rings. The standard InChI is InChI=1S/C21H23ClN4O2S/c1-27-19-7-6-15(11-20(19)28-2)8-9-23-21(29)25-18-5-3-4-16(10-18)13-26-14-17(22)12-24-26/h3-7,10-12,14H,8-9,13H2,1-2H3,(H2,23,25,29). The van der Waals surface area contributed by atoms with E-state index >= 15 is 0 Å². The van der Waals surface area contributed by atoms with Gasteiger partial charge in [-0.3, -0.25) is 4.68 Å². The van der Waals surface area contributed by atoms with Crippen LogP contribution in [0.25, 0.3) is 0 Å². The SMILES string of the molecule is COc1ccc(CCNC(=S)Nc2cccc(Cn3cc(Cl)cn3)c2)cc1OC. The van der Waals surface area contributed by atoms with E-state index in [1.165, 1.54) is 0 Å². The van der Waals surface area contributed by atoms with Crippen molar-refractivity contribution in [1.29, 1.82) is 0 Å². The zero-order valence-electron chi connectivity index (χ0n) is 16.3.